The van der Waals surface area contributed by atoms with Gasteiger partial charge in [0.25, 0.3) is 0 Å². The largest absolute Gasteiger partial charge is 0.381 e. The monoisotopic (exact) mass is 215 g/mol. The van der Waals surface area contributed by atoms with Gasteiger partial charge in [0.05, 0.1) is 6.10 Å². The molecular formula is C11H21NOS. The van der Waals surface area contributed by atoms with Crippen molar-refractivity contribution in [1.82, 2.24) is 5.32 Å². The third-order valence-electron chi connectivity index (χ3n) is 3.40. The molecule has 1 heterocycles. The Morgan fingerprint density at radius 3 is 2.57 bits per heavy atom. The molecule has 0 aromatic carbocycles. The van der Waals surface area contributed by atoms with E-state index in [9.17, 15) is 0 Å². The Morgan fingerprint density at radius 1 is 1.21 bits per heavy atom. The molecular weight excluding hydrogens is 194 g/mol. The lowest BCUT2D eigenvalue weighted by Crippen LogP contribution is -2.50. The molecule has 0 aromatic rings. The van der Waals surface area contributed by atoms with Crippen molar-refractivity contribution in [1.29, 1.82) is 0 Å². The Labute approximate surface area is 91.2 Å². The topological polar surface area (TPSA) is 21.3 Å². The highest BCUT2D eigenvalue weighted by Gasteiger charge is 2.31. The highest BCUT2D eigenvalue weighted by Crippen LogP contribution is 2.28. The van der Waals surface area contributed by atoms with E-state index in [1.165, 1.54) is 31.4 Å². The quantitative estimate of drug-likeness (QED) is 0.778. The number of ether oxygens (including phenoxy) is 1. The molecule has 1 saturated heterocycles. The number of hydrogen-bond donors (Lipinski definition) is 1. The summed E-state index contributed by atoms with van der Waals surface area (Å²) in [6, 6.07) is 1.50. The Hall–Kier alpha value is 0.270. The smallest absolute Gasteiger partial charge is 0.0601 e. The van der Waals surface area contributed by atoms with Crippen molar-refractivity contribution in [3.63, 3.8) is 0 Å². The summed E-state index contributed by atoms with van der Waals surface area (Å²) in [6.07, 6.45) is 5.70. The van der Waals surface area contributed by atoms with Gasteiger partial charge in [-0.15, -0.1) is 0 Å². The molecule has 0 spiro atoms. The summed E-state index contributed by atoms with van der Waals surface area (Å²) < 4.78 is 5.28. The Morgan fingerprint density at radius 2 is 2.00 bits per heavy atom. The number of hydrogen-bond acceptors (Lipinski definition) is 3. The van der Waals surface area contributed by atoms with Gasteiger partial charge in [-0.1, -0.05) is 6.92 Å². The summed E-state index contributed by atoms with van der Waals surface area (Å²) in [4.78, 5) is 0. The summed E-state index contributed by atoms with van der Waals surface area (Å²) in [6.45, 7) is 2.34. The molecule has 1 saturated carbocycles. The van der Waals surface area contributed by atoms with Crippen LogP contribution in [0.1, 0.15) is 32.6 Å². The molecule has 3 heteroatoms. The number of thioether (sulfide) groups is 1. The zero-order valence-corrected chi connectivity index (χ0v) is 9.98. The number of methoxy groups -OCH3 is 1. The molecule has 0 aromatic heterocycles. The van der Waals surface area contributed by atoms with Crippen LogP contribution < -0.4 is 5.32 Å². The second-order valence-electron chi connectivity index (χ2n) is 4.61. The minimum absolute atomic E-state index is 0.530. The van der Waals surface area contributed by atoms with Gasteiger partial charge in [0.2, 0.25) is 0 Å². The van der Waals surface area contributed by atoms with Crippen molar-refractivity contribution in [2.24, 2.45) is 0 Å². The minimum atomic E-state index is 0.530. The first-order chi connectivity index (χ1) is 6.78. The van der Waals surface area contributed by atoms with Crippen molar-refractivity contribution in [3.05, 3.63) is 0 Å². The molecule has 1 N–H and O–H groups in total. The fraction of sp³-hybridized carbons (Fsp3) is 1.00. The molecule has 1 aliphatic carbocycles. The Balaban J connectivity index is 1.62. The summed E-state index contributed by atoms with van der Waals surface area (Å²) in [5, 5.41) is 4.62. The SMILES string of the molecule is COC1CC(NC2CCC(C)SC2)C1. The highest BCUT2D eigenvalue weighted by molar-refractivity contribution is 7.99. The molecule has 1 aliphatic heterocycles. The molecule has 2 fully saturated rings. The first-order valence-corrected chi connectivity index (χ1v) is 6.73. The third-order valence-corrected chi connectivity index (χ3v) is 4.80. The molecule has 2 unspecified atom stereocenters. The predicted molar refractivity (Wildman–Crippen MR) is 61.9 cm³/mol. The molecule has 0 radical (unpaired) electrons. The fourth-order valence-corrected chi connectivity index (χ4v) is 3.37. The molecule has 14 heavy (non-hydrogen) atoms. The van der Waals surface area contributed by atoms with Crippen molar-refractivity contribution >= 4 is 11.8 Å². The zero-order chi connectivity index (χ0) is 9.97. The highest BCUT2D eigenvalue weighted by atomic mass is 32.2. The van der Waals surface area contributed by atoms with Gasteiger partial charge in [0.15, 0.2) is 0 Å². The van der Waals surface area contributed by atoms with E-state index >= 15 is 0 Å². The number of nitrogens with one attached hydrogen (secondary N) is 1. The van der Waals surface area contributed by atoms with E-state index in [0.717, 1.165) is 17.3 Å². The standard InChI is InChI=1S/C11H21NOS/c1-8-3-4-9(7-14-8)12-10-5-11(6-10)13-2/h8-12H,3-7H2,1-2H3. The Kier molecular flexibility index (Phi) is 3.74. The molecule has 0 amide bonds. The van der Waals surface area contributed by atoms with Gasteiger partial charge in [-0.05, 0) is 25.7 Å². The van der Waals surface area contributed by atoms with Gasteiger partial charge in [0, 0.05) is 30.2 Å². The molecule has 2 aliphatic rings. The van der Waals surface area contributed by atoms with E-state index in [4.69, 9.17) is 4.74 Å². The van der Waals surface area contributed by atoms with E-state index in [0.29, 0.717) is 6.10 Å². The van der Waals surface area contributed by atoms with Gasteiger partial charge in [-0.25, -0.2) is 0 Å². The van der Waals surface area contributed by atoms with Crippen molar-refractivity contribution in [2.75, 3.05) is 12.9 Å². The maximum Gasteiger partial charge on any atom is 0.0601 e. The molecule has 0 bridgehead atoms. The van der Waals surface area contributed by atoms with Crippen LogP contribution in [0.15, 0.2) is 0 Å². The van der Waals surface area contributed by atoms with Crippen LogP contribution >= 0.6 is 11.8 Å². The van der Waals surface area contributed by atoms with E-state index in [1.807, 2.05) is 7.11 Å². The van der Waals surface area contributed by atoms with Crippen LogP contribution in [0.2, 0.25) is 0 Å². The van der Waals surface area contributed by atoms with Gasteiger partial charge in [-0.2, -0.15) is 11.8 Å². The van der Waals surface area contributed by atoms with E-state index in [2.05, 4.69) is 24.0 Å². The predicted octanol–water partition coefficient (Wildman–Crippen LogP) is 2.04. The summed E-state index contributed by atoms with van der Waals surface area (Å²) >= 11 is 2.12. The normalized spacial score (nSPS) is 43.3. The summed E-state index contributed by atoms with van der Waals surface area (Å²) in [7, 11) is 1.82. The third kappa shape index (κ3) is 2.65. The van der Waals surface area contributed by atoms with Crippen LogP contribution in [-0.4, -0.2) is 36.3 Å². The average Bonchev–Trinajstić information content (AvgIpc) is 2.13. The maximum atomic E-state index is 5.28. The second kappa shape index (κ2) is 4.86. The zero-order valence-electron chi connectivity index (χ0n) is 9.16. The summed E-state index contributed by atoms with van der Waals surface area (Å²) in [5.41, 5.74) is 0. The van der Waals surface area contributed by atoms with Crippen molar-refractivity contribution < 1.29 is 4.74 Å². The summed E-state index contributed by atoms with van der Waals surface area (Å²) in [5.74, 6) is 1.30. The first kappa shape index (κ1) is 10.8. The van der Waals surface area contributed by atoms with E-state index in [-0.39, 0.29) is 0 Å². The van der Waals surface area contributed by atoms with Gasteiger partial charge in [0.1, 0.15) is 0 Å². The lowest BCUT2D eigenvalue weighted by Gasteiger charge is -2.39. The van der Waals surface area contributed by atoms with E-state index in [1.54, 1.807) is 0 Å². The molecule has 2 atom stereocenters. The molecule has 82 valence electrons. The van der Waals surface area contributed by atoms with Gasteiger partial charge >= 0.3 is 0 Å². The first-order valence-electron chi connectivity index (χ1n) is 5.68. The van der Waals surface area contributed by atoms with Crippen molar-refractivity contribution in [3.8, 4) is 0 Å². The number of rotatable bonds is 3. The van der Waals surface area contributed by atoms with Crippen molar-refractivity contribution in [2.45, 2.75) is 56.0 Å². The van der Waals surface area contributed by atoms with Crippen LogP contribution in [0, 0.1) is 0 Å². The lowest BCUT2D eigenvalue weighted by atomic mass is 9.88. The Bertz CT molecular complexity index is 174. The van der Waals surface area contributed by atoms with Gasteiger partial charge in [-0.3, -0.25) is 0 Å². The van der Waals surface area contributed by atoms with Crippen LogP contribution in [0.3, 0.4) is 0 Å². The maximum absolute atomic E-state index is 5.28. The van der Waals surface area contributed by atoms with Crippen LogP contribution in [-0.2, 0) is 4.74 Å². The second-order valence-corrected chi connectivity index (χ2v) is 6.08. The fourth-order valence-electron chi connectivity index (χ4n) is 2.24. The van der Waals surface area contributed by atoms with Gasteiger partial charge < -0.3 is 10.1 Å². The van der Waals surface area contributed by atoms with Crippen LogP contribution in [0.25, 0.3) is 0 Å². The lowest BCUT2D eigenvalue weighted by molar-refractivity contribution is 0.0145. The van der Waals surface area contributed by atoms with E-state index < -0.39 is 0 Å². The van der Waals surface area contributed by atoms with Crippen LogP contribution in [0.4, 0.5) is 0 Å². The minimum Gasteiger partial charge on any atom is -0.381 e. The molecule has 2 rings (SSSR count). The average molecular weight is 215 g/mol. The molecule has 2 nitrogen and oxygen atoms in total. The van der Waals surface area contributed by atoms with Crippen LogP contribution in [0.5, 0.6) is 0 Å².